The maximum Gasteiger partial charge on any atom is 0.146 e. The highest BCUT2D eigenvalue weighted by Gasteiger charge is 2.59. The van der Waals surface area contributed by atoms with Gasteiger partial charge in [0.05, 0.1) is 33.1 Å². The van der Waals surface area contributed by atoms with Gasteiger partial charge in [0.1, 0.15) is 16.9 Å². The molecule has 91 heavy (non-hydrogen) atoms. The molecule has 0 N–H and O–H groups in total. The van der Waals surface area contributed by atoms with Gasteiger partial charge < -0.3 is 0 Å². The molecule has 0 aliphatic heterocycles. The molecule has 0 spiro atoms. The number of hydrogen-bond donors (Lipinski definition) is 0. The van der Waals surface area contributed by atoms with Crippen molar-refractivity contribution in [2.24, 2.45) is 10.8 Å². The van der Waals surface area contributed by atoms with E-state index >= 15 is 0 Å². The lowest BCUT2D eigenvalue weighted by Gasteiger charge is -2.44. The second-order valence-electron chi connectivity index (χ2n) is 33.6. The lowest BCUT2D eigenvalue weighted by molar-refractivity contribution is 0.125. The van der Waals surface area contributed by atoms with Gasteiger partial charge in [0, 0.05) is 34.2 Å². The average molecular weight is 1210 g/mol. The number of nitrogens with zero attached hydrogens (tertiary/aromatic N) is 6. The van der Waals surface area contributed by atoms with E-state index in [1.165, 1.54) is 126 Å². The molecule has 2 atom stereocenters. The van der Waals surface area contributed by atoms with Gasteiger partial charge in [0.15, 0.2) is 0 Å². The third-order valence-corrected chi connectivity index (χ3v) is 25.8. The van der Waals surface area contributed by atoms with E-state index in [0.717, 1.165) is 39.9 Å². The number of imidazole rings is 3. The van der Waals surface area contributed by atoms with Crippen molar-refractivity contribution in [3.05, 3.63) is 177 Å². The molecule has 6 nitrogen and oxygen atoms in total. The Bertz CT molecular complexity index is 4990. The molecule has 0 radical (unpaired) electrons. The van der Waals surface area contributed by atoms with Crippen LogP contribution in [0.4, 0.5) is 0 Å². The molecule has 2 unspecified atom stereocenters. The molecule has 6 aromatic heterocycles. The number of benzene rings is 6. The predicted octanol–water partition coefficient (Wildman–Crippen LogP) is 23.0. The summed E-state index contributed by atoms with van der Waals surface area (Å²) in [7, 11) is 0. The SMILES string of the molecule is CC.CC.CC(C)(C)c1ccc2c(ccn3c4cc5c(cc4nc23)C(C)(C)C(C)(C)C5(C)C)c1.CC(C)(C)c1ccc2c(ccn3c4cc5c(cc4nc23)C2(C)CCC5(C)C2)c1.CC1(C)c2cc3nc4c5ccccc5c5c(n4c3cc2C(C)(C)C1(C)C)CCC5. The molecule has 474 valence electrons. The largest absolute Gasteiger partial charge is 0.299 e. The van der Waals surface area contributed by atoms with Crippen LogP contribution in [0.5, 0.6) is 0 Å². The predicted molar refractivity (Wildman–Crippen MR) is 391 cm³/mol. The Hall–Kier alpha value is -7.05. The molecule has 0 amide bonds. The summed E-state index contributed by atoms with van der Waals surface area (Å²) in [5.74, 6) is 0. The molecule has 6 heteroatoms. The molecule has 6 heterocycles. The van der Waals surface area contributed by atoms with Crippen LogP contribution in [0.15, 0.2) is 122 Å². The minimum atomic E-state index is 0.0967. The molecule has 1 fully saturated rings. The quantitative estimate of drug-likeness (QED) is 0.152. The van der Waals surface area contributed by atoms with Crippen molar-refractivity contribution in [2.75, 3.05) is 0 Å². The molecule has 2 bridgehead atoms. The van der Waals surface area contributed by atoms with Gasteiger partial charge >= 0.3 is 0 Å². The van der Waals surface area contributed by atoms with E-state index in [0.29, 0.717) is 10.8 Å². The van der Waals surface area contributed by atoms with Crippen molar-refractivity contribution in [1.29, 1.82) is 0 Å². The van der Waals surface area contributed by atoms with E-state index in [1.807, 2.05) is 27.7 Å². The van der Waals surface area contributed by atoms with E-state index in [9.17, 15) is 0 Å². The first-order chi connectivity index (χ1) is 42.6. The Labute approximate surface area is 543 Å². The first-order valence-corrected chi connectivity index (χ1v) is 34.8. The summed E-state index contributed by atoms with van der Waals surface area (Å²) < 4.78 is 7.07. The summed E-state index contributed by atoms with van der Waals surface area (Å²) in [5, 5.41) is 7.70. The van der Waals surface area contributed by atoms with Crippen molar-refractivity contribution in [2.45, 2.75) is 248 Å². The smallest absolute Gasteiger partial charge is 0.146 e. The molecular formula is C85H104N6. The molecule has 5 aliphatic rings. The second kappa shape index (κ2) is 20.2. The first-order valence-electron chi connectivity index (χ1n) is 34.8. The van der Waals surface area contributed by atoms with E-state index in [2.05, 4.69) is 273 Å². The zero-order chi connectivity index (χ0) is 65.7. The Morgan fingerprint density at radius 2 is 0.769 bits per heavy atom. The van der Waals surface area contributed by atoms with Gasteiger partial charge in [0.25, 0.3) is 0 Å². The van der Waals surface area contributed by atoms with E-state index < -0.39 is 0 Å². The van der Waals surface area contributed by atoms with E-state index in [1.54, 1.807) is 11.1 Å². The van der Waals surface area contributed by atoms with Gasteiger partial charge in [-0.3, -0.25) is 13.2 Å². The Balaban J connectivity index is 0.000000122. The average Bonchev–Trinajstić information content (AvgIpc) is 1.55. The number of fused-ring (bicyclic) bond motifs is 25. The molecule has 6 aromatic carbocycles. The molecule has 1 saturated carbocycles. The van der Waals surface area contributed by atoms with Crippen molar-refractivity contribution in [1.82, 2.24) is 28.2 Å². The minimum absolute atomic E-state index is 0.0967. The number of aryl methyl sites for hydroxylation is 2. The molecule has 17 rings (SSSR count). The van der Waals surface area contributed by atoms with Crippen molar-refractivity contribution >= 4 is 82.4 Å². The maximum atomic E-state index is 5.22. The molecule has 5 aliphatic carbocycles. The van der Waals surface area contributed by atoms with Crippen molar-refractivity contribution < 1.29 is 0 Å². The van der Waals surface area contributed by atoms with Gasteiger partial charge in [-0.25, -0.2) is 15.0 Å². The third-order valence-electron chi connectivity index (χ3n) is 25.8. The van der Waals surface area contributed by atoms with Crippen LogP contribution in [-0.2, 0) is 56.2 Å². The zero-order valence-corrected chi connectivity index (χ0v) is 60.0. The van der Waals surface area contributed by atoms with Crippen LogP contribution in [0, 0.1) is 10.8 Å². The van der Waals surface area contributed by atoms with Gasteiger partial charge in [-0.05, 0) is 207 Å². The van der Waals surface area contributed by atoms with Gasteiger partial charge in [-0.2, -0.15) is 0 Å². The second-order valence-corrected chi connectivity index (χ2v) is 33.6. The fraction of sp³-hybridized carbons (Fsp3) is 0.471. The van der Waals surface area contributed by atoms with Crippen LogP contribution in [-0.4, -0.2) is 28.2 Å². The molecular weight excluding hydrogens is 1100 g/mol. The summed E-state index contributed by atoms with van der Waals surface area (Å²) in [6, 6.07) is 41.6. The zero-order valence-electron chi connectivity index (χ0n) is 60.0. The fourth-order valence-electron chi connectivity index (χ4n) is 17.8. The third kappa shape index (κ3) is 8.63. The summed E-state index contributed by atoms with van der Waals surface area (Å²) in [4.78, 5) is 15.5. The Morgan fingerprint density at radius 3 is 1.23 bits per heavy atom. The number of rotatable bonds is 0. The summed E-state index contributed by atoms with van der Waals surface area (Å²) in [5.41, 5.74) is 27.0. The lowest BCUT2D eigenvalue weighted by Crippen LogP contribution is -2.42. The van der Waals surface area contributed by atoms with Crippen LogP contribution in [0.2, 0.25) is 0 Å². The van der Waals surface area contributed by atoms with Gasteiger partial charge in [-0.15, -0.1) is 0 Å². The highest BCUT2D eigenvalue weighted by molar-refractivity contribution is 6.03. The highest BCUT2D eigenvalue weighted by atomic mass is 15.0. The first kappa shape index (κ1) is 62.7. The number of pyridine rings is 3. The normalized spacial score (nSPS) is 21.5. The highest BCUT2D eigenvalue weighted by Crippen LogP contribution is 2.64. The van der Waals surface area contributed by atoms with Crippen molar-refractivity contribution in [3.63, 3.8) is 0 Å². The van der Waals surface area contributed by atoms with Crippen molar-refractivity contribution in [3.8, 4) is 0 Å². The Morgan fingerprint density at radius 1 is 0.385 bits per heavy atom. The van der Waals surface area contributed by atoms with E-state index in [4.69, 9.17) is 15.0 Å². The lowest BCUT2D eigenvalue weighted by atomic mass is 9.59. The molecule has 12 aromatic rings. The standard InChI is InChI=1S/C28H34N2.C27H30N2.C26H28N2.2C2H6/c1-25(2,3)18-10-11-19-17(14-18)12-13-30-23-16-21-20(15-22(23)29-24(19)30)26(4,5)28(8,9)27(21,6)7;1-25(2)19-14-21-23(15-20(19)26(3,4)27(25,5)6)29-22-13-9-12-17(22)16-10-7-8-11-18(16)24(29)28-21;1-24(2,3)17-6-7-18-16(12-17)8-11-28-22-14-20-19(13-21(22)27-23(18)28)25(4)9-10-26(20,5)15-25;2*1-2/h10-16H,1-9H3;7-8,10-11,14-15H,9,12-13H2,1-6H3;6-8,11-14H,9-10,15H2,1-5H3;2*1-2H3. The van der Waals surface area contributed by atoms with Gasteiger partial charge in [0.2, 0.25) is 0 Å². The van der Waals surface area contributed by atoms with Crippen LogP contribution in [0.3, 0.4) is 0 Å². The van der Waals surface area contributed by atoms with Crippen LogP contribution in [0.1, 0.15) is 248 Å². The molecule has 0 saturated heterocycles. The summed E-state index contributed by atoms with van der Waals surface area (Å²) >= 11 is 0. The van der Waals surface area contributed by atoms with E-state index in [-0.39, 0.29) is 43.3 Å². The monoisotopic (exact) mass is 1210 g/mol. The van der Waals surface area contributed by atoms with Crippen LogP contribution < -0.4 is 0 Å². The summed E-state index contributed by atoms with van der Waals surface area (Å²) in [6.07, 6.45) is 11.9. The topological polar surface area (TPSA) is 51.9 Å². The summed E-state index contributed by atoms with van der Waals surface area (Å²) in [6.45, 7) is 55.5. The van der Waals surface area contributed by atoms with Gasteiger partial charge in [-0.1, -0.05) is 227 Å². The minimum Gasteiger partial charge on any atom is -0.299 e. The number of hydrogen-bond acceptors (Lipinski definition) is 3. The fourth-order valence-corrected chi connectivity index (χ4v) is 17.8. The van der Waals surface area contributed by atoms with Crippen LogP contribution >= 0.6 is 0 Å². The number of aromatic nitrogens is 6. The maximum absolute atomic E-state index is 5.22. The van der Waals surface area contributed by atoms with Crippen LogP contribution in [0.25, 0.3) is 82.4 Å². The Kier molecular flexibility index (Phi) is 13.9.